The van der Waals surface area contributed by atoms with Crippen LogP contribution in [0, 0.1) is 28.5 Å². The first kappa shape index (κ1) is 11.6. The summed E-state index contributed by atoms with van der Waals surface area (Å²) >= 11 is 0. The van der Waals surface area contributed by atoms with Gasteiger partial charge in [-0.3, -0.25) is 0 Å². The van der Waals surface area contributed by atoms with Gasteiger partial charge in [0.05, 0.1) is 22.9 Å². The summed E-state index contributed by atoms with van der Waals surface area (Å²) in [6, 6.07) is 14.7. The summed E-state index contributed by atoms with van der Waals surface area (Å²) in [7, 11) is 0. The van der Waals surface area contributed by atoms with Crippen molar-refractivity contribution in [3.63, 3.8) is 0 Å². The lowest BCUT2D eigenvalue weighted by Gasteiger charge is -2.08. The van der Waals surface area contributed by atoms with Crippen molar-refractivity contribution < 1.29 is 4.39 Å². The molecule has 1 N–H and O–H groups in total. The third-order valence-corrected chi connectivity index (χ3v) is 2.40. The SMILES string of the molecule is N#Cc1ccc(Nc2ccc(F)cc2C#N)cc1. The summed E-state index contributed by atoms with van der Waals surface area (Å²) in [4.78, 5) is 0. The van der Waals surface area contributed by atoms with E-state index in [1.54, 1.807) is 24.3 Å². The lowest BCUT2D eigenvalue weighted by Crippen LogP contribution is -1.94. The molecule has 0 aliphatic heterocycles. The van der Waals surface area contributed by atoms with Gasteiger partial charge in [0.25, 0.3) is 0 Å². The van der Waals surface area contributed by atoms with E-state index in [0.717, 1.165) is 5.69 Å². The molecule has 0 amide bonds. The Morgan fingerprint density at radius 2 is 1.67 bits per heavy atom. The van der Waals surface area contributed by atoms with Crippen LogP contribution in [-0.4, -0.2) is 0 Å². The van der Waals surface area contributed by atoms with Crippen molar-refractivity contribution in [1.29, 1.82) is 10.5 Å². The molecule has 0 aliphatic rings. The summed E-state index contributed by atoms with van der Waals surface area (Å²) in [5, 5.41) is 20.6. The first-order chi connectivity index (χ1) is 8.72. The Balaban J connectivity index is 2.29. The van der Waals surface area contributed by atoms with Crippen LogP contribution in [0.15, 0.2) is 42.5 Å². The van der Waals surface area contributed by atoms with Gasteiger partial charge in [-0.25, -0.2) is 4.39 Å². The van der Waals surface area contributed by atoms with Gasteiger partial charge >= 0.3 is 0 Å². The van der Waals surface area contributed by atoms with Crippen LogP contribution in [0.3, 0.4) is 0 Å². The van der Waals surface area contributed by atoms with Gasteiger partial charge in [-0.2, -0.15) is 10.5 Å². The predicted octanol–water partition coefficient (Wildman–Crippen LogP) is 3.31. The van der Waals surface area contributed by atoms with Crippen LogP contribution in [0.25, 0.3) is 0 Å². The number of nitriles is 2. The van der Waals surface area contributed by atoms with E-state index in [1.807, 2.05) is 12.1 Å². The minimum Gasteiger partial charge on any atom is -0.354 e. The van der Waals surface area contributed by atoms with E-state index in [1.165, 1.54) is 18.2 Å². The fourth-order valence-corrected chi connectivity index (χ4v) is 1.50. The average molecular weight is 237 g/mol. The standard InChI is InChI=1S/C14H8FN3/c15-12-3-6-14(11(7-12)9-17)18-13-4-1-10(8-16)2-5-13/h1-7,18H. The summed E-state index contributed by atoms with van der Waals surface area (Å²) in [5.74, 6) is -0.447. The van der Waals surface area contributed by atoms with Crippen LogP contribution in [0.2, 0.25) is 0 Å². The molecule has 0 fully saturated rings. The maximum absolute atomic E-state index is 13.0. The molecule has 4 heteroatoms. The van der Waals surface area contributed by atoms with Gasteiger partial charge in [0.1, 0.15) is 11.9 Å². The zero-order valence-electron chi connectivity index (χ0n) is 9.31. The highest BCUT2D eigenvalue weighted by atomic mass is 19.1. The topological polar surface area (TPSA) is 59.6 Å². The molecule has 2 rings (SSSR count). The van der Waals surface area contributed by atoms with Gasteiger partial charge in [0.2, 0.25) is 0 Å². The van der Waals surface area contributed by atoms with Crippen molar-refractivity contribution in [1.82, 2.24) is 0 Å². The Hall–Kier alpha value is -2.85. The molecule has 0 spiro atoms. The van der Waals surface area contributed by atoms with Crippen LogP contribution in [0.4, 0.5) is 15.8 Å². The minimum absolute atomic E-state index is 0.236. The molecular formula is C14H8FN3. The maximum atomic E-state index is 13.0. The predicted molar refractivity (Wildman–Crippen MR) is 65.6 cm³/mol. The van der Waals surface area contributed by atoms with Crippen molar-refractivity contribution in [2.45, 2.75) is 0 Å². The van der Waals surface area contributed by atoms with Crippen molar-refractivity contribution in [2.24, 2.45) is 0 Å². The lowest BCUT2D eigenvalue weighted by atomic mass is 10.1. The molecule has 0 aliphatic carbocycles. The molecule has 0 bridgehead atoms. The molecular weight excluding hydrogens is 229 g/mol. The molecule has 0 unspecified atom stereocenters. The number of nitrogens with one attached hydrogen (secondary N) is 1. The summed E-state index contributed by atoms with van der Waals surface area (Å²) < 4.78 is 13.0. The number of rotatable bonds is 2. The van der Waals surface area contributed by atoms with Gasteiger partial charge in [-0.15, -0.1) is 0 Å². The maximum Gasteiger partial charge on any atom is 0.124 e. The molecule has 2 aromatic rings. The van der Waals surface area contributed by atoms with Crippen molar-refractivity contribution in [3.05, 3.63) is 59.4 Å². The van der Waals surface area contributed by atoms with Crippen LogP contribution >= 0.6 is 0 Å². The third kappa shape index (κ3) is 2.45. The number of halogens is 1. The molecule has 0 aromatic heterocycles. The highest BCUT2D eigenvalue weighted by Crippen LogP contribution is 2.21. The third-order valence-electron chi connectivity index (χ3n) is 2.40. The van der Waals surface area contributed by atoms with Gasteiger partial charge in [-0.1, -0.05) is 0 Å². The van der Waals surface area contributed by atoms with E-state index in [4.69, 9.17) is 10.5 Å². The number of nitrogens with zero attached hydrogens (tertiary/aromatic N) is 2. The molecule has 0 atom stereocenters. The monoisotopic (exact) mass is 237 g/mol. The van der Waals surface area contributed by atoms with Crippen LogP contribution in [0.5, 0.6) is 0 Å². The number of anilines is 2. The second-order valence-electron chi connectivity index (χ2n) is 3.62. The minimum atomic E-state index is -0.447. The molecule has 0 saturated carbocycles. The van der Waals surface area contributed by atoms with Crippen molar-refractivity contribution in [3.8, 4) is 12.1 Å². The molecule has 0 heterocycles. The Morgan fingerprint density at radius 1 is 0.944 bits per heavy atom. The second kappa shape index (κ2) is 4.99. The summed E-state index contributed by atoms with van der Waals surface area (Å²) in [6.45, 7) is 0. The Kier molecular flexibility index (Phi) is 3.22. The fourth-order valence-electron chi connectivity index (χ4n) is 1.50. The Morgan fingerprint density at radius 3 is 2.28 bits per heavy atom. The fraction of sp³-hybridized carbons (Fsp3) is 0. The number of hydrogen-bond acceptors (Lipinski definition) is 3. The largest absolute Gasteiger partial charge is 0.354 e. The van der Waals surface area contributed by atoms with Gasteiger partial charge in [0.15, 0.2) is 0 Å². The average Bonchev–Trinajstić information content (AvgIpc) is 2.41. The first-order valence-electron chi connectivity index (χ1n) is 5.20. The van der Waals surface area contributed by atoms with Crippen molar-refractivity contribution >= 4 is 11.4 Å². The zero-order chi connectivity index (χ0) is 13.0. The molecule has 3 nitrogen and oxygen atoms in total. The van der Waals surface area contributed by atoms with E-state index >= 15 is 0 Å². The highest BCUT2D eigenvalue weighted by molar-refractivity contribution is 5.66. The molecule has 0 radical (unpaired) electrons. The van der Waals surface area contributed by atoms with Crippen LogP contribution in [0.1, 0.15) is 11.1 Å². The van der Waals surface area contributed by atoms with Gasteiger partial charge < -0.3 is 5.32 Å². The van der Waals surface area contributed by atoms with E-state index < -0.39 is 5.82 Å². The van der Waals surface area contributed by atoms with Crippen LogP contribution < -0.4 is 5.32 Å². The van der Waals surface area contributed by atoms with E-state index in [2.05, 4.69) is 5.32 Å². The molecule has 86 valence electrons. The molecule has 18 heavy (non-hydrogen) atoms. The molecule has 2 aromatic carbocycles. The molecule has 0 saturated heterocycles. The van der Waals surface area contributed by atoms with E-state index in [9.17, 15) is 4.39 Å². The van der Waals surface area contributed by atoms with E-state index in [0.29, 0.717) is 11.3 Å². The quantitative estimate of drug-likeness (QED) is 0.871. The normalized spacial score (nSPS) is 9.28. The summed E-state index contributed by atoms with van der Waals surface area (Å²) in [6.07, 6.45) is 0. The highest BCUT2D eigenvalue weighted by Gasteiger charge is 2.04. The Labute approximate surface area is 104 Å². The smallest absolute Gasteiger partial charge is 0.124 e. The Bertz CT molecular complexity index is 648. The lowest BCUT2D eigenvalue weighted by molar-refractivity contribution is 0.627. The summed E-state index contributed by atoms with van der Waals surface area (Å²) in [5.41, 5.74) is 2.06. The van der Waals surface area contributed by atoms with Crippen LogP contribution in [-0.2, 0) is 0 Å². The second-order valence-corrected chi connectivity index (χ2v) is 3.62. The van der Waals surface area contributed by atoms with Crippen molar-refractivity contribution in [2.75, 3.05) is 5.32 Å². The van der Waals surface area contributed by atoms with E-state index in [-0.39, 0.29) is 5.56 Å². The van der Waals surface area contributed by atoms with Gasteiger partial charge in [0, 0.05) is 5.69 Å². The number of benzene rings is 2. The number of hydrogen-bond donors (Lipinski definition) is 1. The van der Waals surface area contributed by atoms with Gasteiger partial charge in [-0.05, 0) is 42.5 Å². The zero-order valence-corrected chi connectivity index (χ0v) is 9.31. The first-order valence-corrected chi connectivity index (χ1v) is 5.20.